The van der Waals surface area contributed by atoms with E-state index in [9.17, 15) is 9.90 Å². The minimum absolute atomic E-state index is 0.0709. The molecular weight excluding hydrogens is 582 g/mol. The number of aliphatic hydroxyl groups excluding tert-OH is 1. The molecule has 1 aliphatic heterocycles. The summed E-state index contributed by atoms with van der Waals surface area (Å²) in [4.78, 5) is 25.6. The molecule has 0 bridgehead atoms. The highest BCUT2D eigenvalue weighted by Crippen LogP contribution is 2.38. The Hall–Kier alpha value is -4.91. The molecule has 2 aliphatic rings. The second kappa shape index (κ2) is 15.1. The maximum Gasteiger partial charge on any atom is 0.221 e. The number of nitrogens with two attached hydrogens (primary N) is 1. The van der Waals surface area contributed by atoms with Crippen LogP contribution in [0, 0.1) is 13.8 Å². The number of carbonyl (C=O) groups is 1. The SMILES string of the molecule is CCc1cccc(C)c1C(N)=NC(Cc1ccc(N2C(C)CN(C(C)=O)C2c2ccccc2)cc1)C(O)=C1CC1.Cc1cccnc1. The highest BCUT2D eigenvalue weighted by molar-refractivity contribution is 6.00. The molecule has 47 heavy (non-hydrogen) atoms. The minimum atomic E-state index is -0.427. The van der Waals surface area contributed by atoms with Crippen molar-refractivity contribution < 1.29 is 9.90 Å². The van der Waals surface area contributed by atoms with Gasteiger partial charge in [0.15, 0.2) is 0 Å². The van der Waals surface area contributed by atoms with E-state index >= 15 is 0 Å². The number of aryl methyl sites for hydroxylation is 3. The third kappa shape index (κ3) is 8.09. The van der Waals surface area contributed by atoms with Crippen molar-refractivity contribution in [1.29, 1.82) is 0 Å². The molecule has 0 radical (unpaired) electrons. The number of benzene rings is 3. The molecule has 1 aromatic heterocycles. The number of amidine groups is 1. The highest BCUT2D eigenvalue weighted by atomic mass is 16.3. The zero-order chi connectivity index (χ0) is 33.5. The predicted molar refractivity (Wildman–Crippen MR) is 192 cm³/mol. The van der Waals surface area contributed by atoms with Crippen molar-refractivity contribution in [2.45, 2.75) is 78.6 Å². The number of hydrogen-bond acceptors (Lipinski definition) is 5. The normalized spacial score (nSPS) is 18.0. The van der Waals surface area contributed by atoms with Gasteiger partial charge in [-0.2, -0.15) is 0 Å². The Morgan fingerprint density at radius 2 is 1.72 bits per heavy atom. The largest absolute Gasteiger partial charge is 0.510 e. The van der Waals surface area contributed by atoms with Crippen molar-refractivity contribution in [1.82, 2.24) is 9.88 Å². The third-order valence-corrected chi connectivity index (χ3v) is 8.94. The number of aliphatic imine (C=N–C) groups is 1. The van der Waals surface area contributed by atoms with Gasteiger partial charge >= 0.3 is 0 Å². The molecule has 1 saturated carbocycles. The van der Waals surface area contributed by atoms with E-state index in [2.05, 4.69) is 79.2 Å². The number of aliphatic hydroxyl groups is 1. The molecule has 3 aromatic carbocycles. The summed E-state index contributed by atoms with van der Waals surface area (Å²) >= 11 is 0. The molecule has 7 nitrogen and oxygen atoms in total. The number of allylic oxidation sites excluding steroid dienone is 1. The summed E-state index contributed by atoms with van der Waals surface area (Å²) in [5.74, 6) is 0.903. The van der Waals surface area contributed by atoms with Crippen LogP contribution in [-0.4, -0.2) is 45.4 Å². The molecule has 1 amide bonds. The lowest BCUT2D eigenvalue weighted by Crippen LogP contribution is -2.34. The number of aromatic nitrogens is 1. The first kappa shape index (κ1) is 33.5. The van der Waals surface area contributed by atoms with Crippen molar-refractivity contribution in [2.24, 2.45) is 10.7 Å². The fraction of sp³-hybridized carbons (Fsp3) is 0.325. The van der Waals surface area contributed by atoms with Crippen LogP contribution in [0.3, 0.4) is 0 Å². The number of anilines is 1. The molecule has 2 fully saturated rings. The molecule has 2 heterocycles. The number of carbonyl (C=O) groups excluding carboxylic acids is 1. The lowest BCUT2D eigenvalue weighted by molar-refractivity contribution is -0.129. The Kier molecular flexibility index (Phi) is 10.8. The maximum absolute atomic E-state index is 12.6. The molecule has 0 spiro atoms. The lowest BCUT2D eigenvalue weighted by Gasteiger charge is -2.33. The van der Waals surface area contributed by atoms with Crippen molar-refractivity contribution >= 4 is 17.4 Å². The van der Waals surface area contributed by atoms with E-state index in [0.29, 0.717) is 24.6 Å². The highest BCUT2D eigenvalue weighted by Gasteiger charge is 2.39. The number of amides is 1. The third-order valence-electron chi connectivity index (χ3n) is 8.94. The van der Waals surface area contributed by atoms with Gasteiger partial charge in [0.05, 0.1) is 0 Å². The quantitative estimate of drug-likeness (QED) is 0.119. The van der Waals surface area contributed by atoms with Crippen LogP contribution in [-0.2, 0) is 17.6 Å². The molecule has 244 valence electrons. The van der Waals surface area contributed by atoms with Gasteiger partial charge in [-0.3, -0.25) is 14.8 Å². The van der Waals surface area contributed by atoms with Crippen molar-refractivity contribution in [3.63, 3.8) is 0 Å². The van der Waals surface area contributed by atoms with Gasteiger partial charge < -0.3 is 20.6 Å². The number of hydrogen-bond donors (Lipinski definition) is 2. The van der Waals surface area contributed by atoms with E-state index in [0.717, 1.165) is 58.3 Å². The second-order valence-corrected chi connectivity index (χ2v) is 12.6. The summed E-state index contributed by atoms with van der Waals surface area (Å²) in [6, 6.07) is 28.5. The minimum Gasteiger partial charge on any atom is -0.510 e. The Balaban J connectivity index is 0.000000549. The Bertz CT molecular complexity index is 1710. The summed E-state index contributed by atoms with van der Waals surface area (Å²) < 4.78 is 0. The van der Waals surface area contributed by atoms with Crippen molar-refractivity contribution in [3.8, 4) is 0 Å². The van der Waals surface area contributed by atoms with Crippen LogP contribution >= 0.6 is 0 Å². The fourth-order valence-electron chi connectivity index (χ4n) is 6.38. The standard InChI is InChI=1S/C34H40N4O2.C6H7N/c1-5-26-13-9-10-22(2)31(26)33(35)36-30(32(40)27-16-17-27)20-25-14-18-29(19-15-25)38-23(3)21-37(24(4)39)34(38)28-11-7-6-8-12-28;1-6-3-2-4-7-5-6/h6-15,18-19,23,30,34,40H,5,16-17,20-21H2,1-4H3,(H2,35,36);2-5H,1H3. The zero-order valence-electron chi connectivity index (χ0n) is 28.2. The summed E-state index contributed by atoms with van der Waals surface area (Å²) in [5, 5.41) is 11.1. The maximum atomic E-state index is 12.6. The molecule has 1 saturated heterocycles. The summed E-state index contributed by atoms with van der Waals surface area (Å²) in [5.41, 5.74) is 15.3. The molecule has 3 atom stereocenters. The number of nitrogens with zero attached hydrogens (tertiary/aromatic N) is 4. The first-order valence-corrected chi connectivity index (χ1v) is 16.6. The molecule has 4 aromatic rings. The predicted octanol–water partition coefficient (Wildman–Crippen LogP) is 7.63. The van der Waals surface area contributed by atoms with Crippen LogP contribution in [0.5, 0.6) is 0 Å². The van der Waals surface area contributed by atoms with Gasteiger partial charge in [0.25, 0.3) is 0 Å². The van der Waals surface area contributed by atoms with Gasteiger partial charge in [0.1, 0.15) is 23.8 Å². The van der Waals surface area contributed by atoms with E-state index in [1.54, 1.807) is 13.1 Å². The van der Waals surface area contributed by atoms with Crippen molar-refractivity contribution in [3.05, 3.63) is 142 Å². The molecular formula is C40H47N5O2. The molecule has 7 heteroatoms. The first-order valence-electron chi connectivity index (χ1n) is 16.6. The van der Waals surface area contributed by atoms with Crippen LogP contribution in [0.15, 0.2) is 114 Å². The van der Waals surface area contributed by atoms with Gasteiger partial charge in [-0.15, -0.1) is 0 Å². The molecule has 3 unspecified atom stereocenters. The average molecular weight is 630 g/mol. The van der Waals surface area contributed by atoms with Crippen LogP contribution in [0.4, 0.5) is 5.69 Å². The van der Waals surface area contributed by atoms with Gasteiger partial charge in [-0.05, 0) is 91.6 Å². The van der Waals surface area contributed by atoms with Gasteiger partial charge in [-0.1, -0.05) is 73.7 Å². The Labute approximate surface area is 279 Å². The van der Waals surface area contributed by atoms with Crippen LogP contribution < -0.4 is 10.6 Å². The molecule has 6 rings (SSSR count). The monoisotopic (exact) mass is 629 g/mol. The topological polar surface area (TPSA) is 95.0 Å². The summed E-state index contributed by atoms with van der Waals surface area (Å²) in [6.45, 7) is 10.7. The van der Waals surface area contributed by atoms with E-state index in [4.69, 9.17) is 10.7 Å². The van der Waals surface area contributed by atoms with E-state index < -0.39 is 6.04 Å². The van der Waals surface area contributed by atoms with Crippen LogP contribution in [0.25, 0.3) is 0 Å². The zero-order valence-corrected chi connectivity index (χ0v) is 28.2. The smallest absolute Gasteiger partial charge is 0.221 e. The summed E-state index contributed by atoms with van der Waals surface area (Å²) in [7, 11) is 0. The van der Waals surface area contributed by atoms with Crippen molar-refractivity contribution in [2.75, 3.05) is 11.4 Å². The lowest BCUT2D eigenvalue weighted by atomic mass is 9.98. The van der Waals surface area contributed by atoms with Gasteiger partial charge in [0, 0.05) is 49.6 Å². The number of pyridine rings is 1. The second-order valence-electron chi connectivity index (χ2n) is 12.6. The van der Waals surface area contributed by atoms with E-state index in [-0.39, 0.29) is 18.1 Å². The number of rotatable bonds is 8. The molecule has 1 aliphatic carbocycles. The van der Waals surface area contributed by atoms with Crippen LogP contribution in [0.1, 0.15) is 73.2 Å². The van der Waals surface area contributed by atoms with Crippen LogP contribution in [0.2, 0.25) is 0 Å². The van der Waals surface area contributed by atoms with Gasteiger partial charge in [0.2, 0.25) is 5.91 Å². The summed E-state index contributed by atoms with van der Waals surface area (Å²) in [6.07, 6.45) is 6.71. The van der Waals surface area contributed by atoms with E-state index in [1.807, 2.05) is 54.4 Å². The first-order chi connectivity index (χ1) is 22.7. The fourth-order valence-corrected chi connectivity index (χ4v) is 6.38. The molecule has 3 N–H and O–H groups in total. The van der Waals surface area contributed by atoms with Gasteiger partial charge in [-0.25, -0.2) is 0 Å². The van der Waals surface area contributed by atoms with E-state index in [1.165, 1.54) is 5.56 Å². The Morgan fingerprint density at radius 1 is 1.00 bits per heavy atom. The Morgan fingerprint density at radius 3 is 2.30 bits per heavy atom. The average Bonchev–Trinajstić information content (AvgIpc) is 3.87.